The van der Waals surface area contributed by atoms with Crippen LogP contribution in [0.1, 0.15) is 11.1 Å². The Labute approximate surface area is 98.9 Å². The number of rotatable bonds is 3. The third kappa shape index (κ3) is 3.04. The molecule has 0 saturated heterocycles. The lowest BCUT2D eigenvalue weighted by molar-refractivity contribution is 0.450. The molecule has 0 atom stereocenters. The van der Waals surface area contributed by atoms with Crippen molar-refractivity contribution in [1.82, 2.24) is 4.98 Å². The van der Waals surface area contributed by atoms with Crippen LogP contribution in [-0.2, 0) is 6.54 Å². The molecule has 0 aliphatic rings. The van der Waals surface area contributed by atoms with E-state index in [9.17, 15) is 5.11 Å². The van der Waals surface area contributed by atoms with Gasteiger partial charge in [0.1, 0.15) is 11.5 Å². The van der Waals surface area contributed by atoms with Crippen molar-refractivity contribution in [2.45, 2.75) is 6.54 Å². The molecule has 2 aromatic rings. The van der Waals surface area contributed by atoms with Gasteiger partial charge in [-0.2, -0.15) is 0 Å². The zero-order valence-electron chi connectivity index (χ0n) is 9.11. The van der Waals surface area contributed by atoms with Crippen molar-refractivity contribution in [3.05, 3.63) is 53.9 Å². The Hall–Kier alpha value is -2.36. The molecule has 1 heterocycles. The highest BCUT2D eigenvalue weighted by Crippen LogP contribution is 2.20. The normalized spacial score (nSPS) is 10.8. The molecule has 0 spiro atoms. The molecule has 2 rings (SSSR count). The van der Waals surface area contributed by atoms with E-state index in [1.807, 2.05) is 12.1 Å². The molecule has 0 amide bonds. The minimum atomic E-state index is 0.0138. The van der Waals surface area contributed by atoms with E-state index in [1.54, 1.807) is 24.7 Å². The van der Waals surface area contributed by atoms with Gasteiger partial charge in [0.15, 0.2) is 0 Å². The Morgan fingerprint density at radius 1 is 1.24 bits per heavy atom. The molecule has 4 nitrogen and oxygen atoms in total. The summed E-state index contributed by atoms with van der Waals surface area (Å²) in [6.45, 7) is 0.508. The molecule has 86 valence electrons. The summed E-state index contributed by atoms with van der Waals surface area (Å²) < 4.78 is 0. The molecule has 0 aliphatic carbocycles. The van der Waals surface area contributed by atoms with E-state index in [2.05, 4.69) is 9.98 Å². The fourth-order valence-corrected chi connectivity index (χ4v) is 1.38. The Morgan fingerprint density at radius 3 is 2.82 bits per heavy atom. The maximum absolute atomic E-state index is 9.52. The second-order valence-corrected chi connectivity index (χ2v) is 3.57. The smallest absolute Gasteiger partial charge is 0.128 e. The summed E-state index contributed by atoms with van der Waals surface area (Å²) in [6, 6.07) is 8.18. The number of phenols is 2. The van der Waals surface area contributed by atoms with E-state index < -0.39 is 0 Å². The Bertz CT molecular complexity index is 524. The summed E-state index contributed by atoms with van der Waals surface area (Å²) in [5.74, 6) is 0.0480. The van der Waals surface area contributed by atoms with Crippen molar-refractivity contribution in [1.29, 1.82) is 0 Å². The first kappa shape index (κ1) is 11.1. The number of hydrogen-bond donors (Lipinski definition) is 2. The molecular weight excluding hydrogens is 216 g/mol. The van der Waals surface area contributed by atoms with Crippen LogP contribution in [-0.4, -0.2) is 21.4 Å². The quantitative estimate of drug-likeness (QED) is 0.791. The molecule has 1 aromatic heterocycles. The minimum absolute atomic E-state index is 0.0138. The van der Waals surface area contributed by atoms with Gasteiger partial charge >= 0.3 is 0 Å². The second kappa shape index (κ2) is 5.12. The maximum atomic E-state index is 9.52. The molecular formula is C13H12N2O2. The highest BCUT2D eigenvalue weighted by atomic mass is 16.3. The van der Waals surface area contributed by atoms with Crippen LogP contribution in [0.3, 0.4) is 0 Å². The largest absolute Gasteiger partial charge is 0.508 e. The number of hydrogen-bond acceptors (Lipinski definition) is 4. The fraction of sp³-hybridized carbons (Fsp3) is 0.0769. The summed E-state index contributed by atoms with van der Waals surface area (Å²) in [7, 11) is 0. The van der Waals surface area contributed by atoms with E-state index in [0.717, 1.165) is 5.56 Å². The van der Waals surface area contributed by atoms with Gasteiger partial charge in [-0.25, -0.2) is 0 Å². The lowest BCUT2D eigenvalue weighted by Crippen LogP contribution is -1.86. The van der Waals surface area contributed by atoms with Gasteiger partial charge in [0.2, 0.25) is 0 Å². The van der Waals surface area contributed by atoms with Crippen molar-refractivity contribution in [3.63, 3.8) is 0 Å². The fourth-order valence-electron chi connectivity index (χ4n) is 1.38. The average Bonchev–Trinajstić information content (AvgIpc) is 2.33. The molecule has 4 heteroatoms. The average molecular weight is 228 g/mol. The van der Waals surface area contributed by atoms with Gasteiger partial charge in [-0.1, -0.05) is 6.07 Å². The predicted octanol–water partition coefficient (Wildman–Crippen LogP) is 2.11. The van der Waals surface area contributed by atoms with E-state index in [0.29, 0.717) is 12.1 Å². The number of benzene rings is 1. The van der Waals surface area contributed by atoms with Gasteiger partial charge in [0.05, 0.1) is 6.54 Å². The van der Waals surface area contributed by atoms with Gasteiger partial charge in [0.25, 0.3) is 0 Å². The second-order valence-electron chi connectivity index (χ2n) is 3.57. The summed E-state index contributed by atoms with van der Waals surface area (Å²) >= 11 is 0. The monoisotopic (exact) mass is 228 g/mol. The standard InChI is InChI=1S/C13H12N2O2/c16-12-4-3-11(13(17)6-12)9-15-8-10-2-1-5-14-7-10/h1-7,9,16-17H,8H2. The number of phenolic OH excluding ortho intramolecular Hbond substituents is 2. The minimum Gasteiger partial charge on any atom is -0.508 e. The van der Waals surface area contributed by atoms with Crippen molar-refractivity contribution in [3.8, 4) is 11.5 Å². The molecule has 0 unspecified atom stereocenters. The molecule has 0 saturated carbocycles. The number of nitrogens with zero attached hydrogens (tertiary/aromatic N) is 2. The van der Waals surface area contributed by atoms with E-state index in [-0.39, 0.29) is 11.5 Å². The molecule has 0 bridgehead atoms. The zero-order valence-corrected chi connectivity index (χ0v) is 9.11. The summed E-state index contributed by atoms with van der Waals surface area (Å²) in [5, 5.41) is 18.7. The Balaban J connectivity index is 2.06. The van der Waals surface area contributed by atoms with Gasteiger partial charge < -0.3 is 10.2 Å². The van der Waals surface area contributed by atoms with E-state index in [1.165, 1.54) is 12.1 Å². The molecule has 17 heavy (non-hydrogen) atoms. The summed E-state index contributed by atoms with van der Waals surface area (Å²) in [5.41, 5.74) is 1.58. The molecule has 0 fully saturated rings. The Morgan fingerprint density at radius 2 is 2.12 bits per heavy atom. The van der Waals surface area contributed by atoms with E-state index in [4.69, 9.17) is 5.11 Å². The van der Waals surface area contributed by atoms with Crippen LogP contribution in [0.4, 0.5) is 0 Å². The molecule has 2 N–H and O–H groups in total. The number of aromatic hydroxyl groups is 2. The van der Waals surface area contributed by atoms with Gasteiger partial charge in [-0.15, -0.1) is 0 Å². The zero-order chi connectivity index (χ0) is 12.1. The number of aromatic nitrogens is 1. The van der Waals surface area contributed by atoms with Crippen LogP contribution < -0.4 is 0 Å². The maximum Gasteiger partial charge on any atom is 0.128 e. The van der Waals surface area contributed by atoms with Crippen LogP contribution in [0.5, 0.6) is 11.5 Å². The van der Waals surface area contributed by atoms with Crippen LogP contribution in [0.15, 0.2) is 47.7 Å². The van der Waals surface area contributed by atoms with Crippen LogP contribution >= 0.6 is 0 Å². The summed E-state index contributed by atoms with van der Waals surface area (Å²) in [6.07, 6.45) is 5.02. The van der Waals surface area contributed by atoms with E-state index >= 15 is 0 Å². The van der Waals surface area contributed by atoms with Crippen molar-refractivity contribution in [2.24, 2.45) is 4.99 Å². The number of aliphatic imine (C=N–C) groups is 1. The van der Waals surface area contributed by atoms with Crippen molar-refractivity contribution >= 4 is 6.21 Å². The third-order valence-electron chi connectivity index (χ3n) is 2.24. The highest BCUT2D eigenvalue weighted by molar-refractivity contribution is 5.83. The van der Waals surface area contributed by atoms with Gasteiger partial charge in [-0.3, -0.25) is 9.98 Å². The first-order valence-electron chi connectivity index (χ1n) is 5.16. The predicted molar refractivity (Wildman–Crippen MR) is 65.3 cm³/mol. The molecule has 1 aromatic carbocycles. The molecule has 0 aliphatic heterocycles. The lowest BCUT2D eigenvalue weighted by atomic mass is 10.2. The third-order valence-corrected chi connectivity index (χ3v) is 2.24. The van der Waals surface area contributed by atoms with Gasteiger partial charge in [-0.05, 0) is 23.8 Å². The SMILES string of the molecule is Oc1ccc(C=NCc2cccnc2)c(O)c1. The van der Waals surface area contributed by atoms with Crippen LogP contribution in [0, 0.1) is 0 Å². The molecule has 0 radical (unpaired) electrons. The Kier molecular flexibility index (Phi) is 3.35. The van der Waals surface area contributed by atoms with Crippen molar-refractivity contribution < 1.29 is 10.2 Å². The lowest BCUT2D eigenvalue weighted by Gasteiger charge is -1.99. The highest BCUT2D eigenvalue weighted by Gasteiger charge is 1.98. The first-order valence-corrected chi connectivity index (χ1v) is 5.16. The summed E-state index contributed by atoms with van der Waals surface area (Å²) in [4.78, 5) is 8.18. The van der Waals surface area contributed by atoms with Crippen LogP contribution in [0.25, 0.3) is 0 Å². The topological polar surface area (TPSA) is 65.7 Å². The number of pyridine rings is 1. The first-order chi connectivity index (χ1) is 8.25. The van der Waals surface area contributed by atoms with Crippen LogP contribution in [0.2, 0.25) is 0 Å². The van der Waals surface area contributed by atoms with Gasteiger partial charge in [0, 0.05) is 30.2 Å². The van der Waals surface area contributed by atoms with Crippen molar-refractivity contribution in [2.75, 3.05) is 0 Å².